The monoisotopic (exact) mass is 375 g/mol. The van der Waals surface area contributed by atoms with Crippen LogP contribution in [-0.2, 0) is 0 Å². The van der Waals surface area contributed by atoms with Crippen molar-refractivity contribution in [3.63, 3.8) is 0 Å². The van der Waals surface area contributed by atoms with E-state index in [9.17, 15) is 0 Å². The summed E-state index contributed by atoms with van der Waals surface area (Å²) in [6.07, 6.45) is 1.74. The number of nitrogens with zero attached hydrogens (tertiary/aromatic N) is 3. The SMILES string of the molecule is CCN(C)C=Nc1cc(Br)c(OC(C)c2ccccc2)nc1C. The van der Waals surface area contributed by atoms with Gasteiger partial charge in [-0.1, -0.05) is 30.3 Å². The third-order valence-electron chi connectivity index (χ3n) is 3.56. The van der Waals surface area contributed by atoms with Crippen LogP contribution in [0.3, 0.4) is 0 Å². The van der Waals surface area contributed by atoms with Crippen molar-refractivity contribution in [1.29, 1.82) is 0 Å². The molecule has 0 bridgehead atoms. The van der Waals surface area contributed by atoms with Crippen molar-refractivity contribution in [3.8, 4) is 5.88 Å². The molecule has 1 unspecified atom stereocenters. The first-order valence-corrected chi connectivity index (χ1v) is 8.43. The number of rotatable bonds is 6. The van der Waals surface area contributed by atoms with Gasteiger partial charge < -0.3 is 9.64 Å². The van der Waals surface area contributed by atoms with E-state index >= 15 is 0 Å². The first-order chi connectivity index (χ1) is 11.0. The van der Waals surface area contributed by atoms with Crippen LogP contribution in [0, 0.1) is 6.92 Å². The third-order valence-corrected chi connectivity index (χ3v) is 4.13. The first-order valence-electron chi connectivity index (χ1n) is 7.64. The van der Waals surface area contributed by atoms with Crippen molar-refractivity contribution in [1.82, 2.24) is 9.88 Å². The molecule has 1 heterocycles. The molecule has 1 aromatic carbocycles. The zero-order valence-electron chi connectivity index (χ0n) is 14.0. The molecule has 4 nitrogen and oxygen atoms in total. The zero-order valence-corrected chi connectivity index (χ0v) is 15.5. The highest BCUT2D eigenvalue weighted by atomic mass is 79.9. The number of ether oxygens (including phenoxy) is 1. The molecule has 2 rings (SSSR count). The highest BCUT2D eigenvalue weighted by Gasteiger charge is 2.13. The van der Waals surface area contributed by atoms with Gasteiger partial charge in [0.25, 0.3) is 0 Å². The van der Waals surface area contributed by atoms with E-state index in [1.807, 2.05) is 68.5 Å². The van der Waals surface area contributed by atoms with E-state index in [0.29, 0.717) is 5.88 Å². The van der Waals surface area contributed by atoms with Crippen LogP contribution in [-0.4, -0.2) is 29.8 Å². The van der Waals surface area contributed by atoms with Crippen molar-refractivity contribution in [3.05, 3.63) is 52.1 Å². The van der Waals surface area contributed by atoms with Gasteiger partial charge in [-0.05, 0) is 48.3 Å². The standard InChI is InChI=1S/C18H22BrN3O/c1-5-22(4)12-20-17-11-16(19)18(21-13(17)2)23-14(3)15-9-7-6-8-10-15/h6-12,14H,5H2,1-4H3. The minimum absolute atomic E-state index is 0.0695. The number of benzene rings is 1. The van der Waals surface area contributed by atoms with Crippen LogP contribution in [0.15, 0.2) is 45.9 Å². The van der Waals surface area contributed by atoms with Crippen LogP contribution >= 0.6 is 15.9 Å². The van der Waals surface area contributed by atoms with Crippen LogP contribution in [0.2, 0.25) is 0 Å². The normalized spacial score (nSPS) is 12.4. The molecule has 0 radical (unpaired) electrons. The molecular weight excluding hydrogens is 354 g/mol. The lowest BCUT2D eigenvalue weighted by molar-refractivity contribution is 0.215. The van der Waals surface area contributed by atoms with Crippen LogP contribution in [0.5, 0.6) is 5.88 Å². The molecule has 122 valence electrons. The Morgan fingerprint density at radius 3 is 2.70 bits per heavy atom. The summed E-state index contributed by atoms with van der Waals surface area (Å²) >= 11 is 3.53. The Labute approximate surface area is 146 Å². The second kappa shape index (κ2) is 8.11. The maximum Gasteiger partial charge on any atom is 0.228 e. The van der Waals surface area contributed by atoms with E-state index in [4.69, 9.17) is 4.74 Å². The van der Waals surface area contributed by atoms with Crippen molar-refractivity contribution < 1.29 is 4.74 Å². The summed E-state index contributed by atoms with van der Waals surface area (Å²) in [5, 5.41) is 0. The van der Waals surface area contributed by atoms with E-state index in [0.717, 1.165) is 28.0 Å². The molecule has 0 spiro atoms. The largest absolute Gasteiger partial charge is 0.469 e. The molecule has 5 heteroatoms. The maximum atomic E-state index is 5.99. The fourth-order valence-electron chi connectivity index (χ4n) is 1.96. The predicted octanol–water partition coefficient (Wildman–Crippen LogP) is 4.90. The van der Waals surface area contributed by atoms with Gasteiger partial charge in [0.15, 0.2) is 0 Å². The number of hydrogen-bond acceptors (Lipinski definition) is 3. The van der Waals surface area contributed by atoms with Gasteiger partial charge in [-0.15, -0.1) is 0 Å². The third kappa shape index (κ3) is 4.79. The predicted molar refractivity (Wildman–Crippen MR) is 98.6 cm³/mol. The molecule has 1 aromatic heterocycles. The van der Waals surface area contributed by atoms with Gasteiger partial charge in [0.1, 0.15) is 6.10 Å². The summed E-state index contributed by atoms with van der Waals surface area (Å²) in [6.45, 7) is 6.94. The minimum atomic E-state index is -0.0695. The van der Waals surface area contributed by atoms with Gasteiger partial charge in [0, 0.05) is 13.6 Å². The topological polar surface area (TPSA) is 37.7 Å². The van der Waals surface area contributed by atoms with Gasteiger partial charge in [-0.3, -0.25) is 0 Å². The Bertz CT molecular complexity index is 673. The Hall–Kier alpha value is -1.88. The lowest BCUT2D eigenvalue weighted by Crippen LogP contribution is -2.14. The molecule has 0 saturated heterocycles. The highest BCUT2D eigenvalue weighted by Crippen LogP contribution is 2.32. The van der Waals surface area contributed by atoms with Gasteiger partial charge in [-0.25, -0.2) is 9.98 Å². The Kier molecular flexibility index (Phi) is 6.16. The van der Waals surface area contributed by atoms with Crippen molar-refractivity contribution in [2.75, 3.05) is 13.6 Å². The van der Waals surface area contributed by atoms with Crippen molar-refractivity contribution >= 4 is 28.0 Å². The minimum Gasteiger partial charge on any atom is -0.469 e. The summed E-state index contributed by atoms with van der Waals surface area (Å²) in [6, 6.07) is 12.0. The number of aryl methyl sites for hydroxylation is 1. The van der Waals surface area contributed by atoms with E-state index < -0.39 is 0 Å². The second-order valence-electron chi connectivity index (χ2n) is 5.37. The molecule has 0 aliphatic carbocycles. The van der Waals surface area contributed by atoms with E-state index in [1.165, 1.54) is 0 Å². The summed E-state index contributed by atoms with van der Waals surface area (Å²) in [7, 11) is 1.99. The Balaban J connectivity index is 2.18. The van der Waals surface area contributed by atoms with Crippen LogP contribution in [0.25, 0.3) is 0 Å². The van der Waals surface area contributed by atoms with Crippen molar-refractivity contribution in [2.24, 2.45) is 4.99 Å². The number of aliphatic imine (C=N–C) groups is 1. The highest BCUT2D eigenvalue weighted by molar-refractivity contribution is 9.10. The fourth-order valence-corrected chi connectivity index (χ4v) is 2.36. The molecule has 0 saturated carbocycles. The van der Waals surface area contributed by atoms with E-state index in [2.05, 4.69) is 32.8 Å². The number of hydrogen-bond donors (Lipinski definition) is 0. The number of aromatic nitrogens is 1. The summed E-state index contributed by atoms with van der Waals surface area (Å²) < 4.78 is 6.80. The quantitative estimate of drug-likeness (QED) is 0.531. The first kappa shape index (κ1) is 17.5. The van der Waals surface area contributed by atoms with Gasteiger partial charge in [-0.2, -0.15) is 0 Å². The molecule has 0 fully saturated rings. The Morgan fingerprint density at radius 1 is 1.35 bits per heavy atom. The van der Waals surface area contributed by atoms with Gasteiger partial charge in [0.05, 0.1) is 22.2 Å². The smallest absolute Gasteiger partial charge is 0.228 e. The summed E-state index contributed by atoms with van der Waals surface area (Å²) in [4.78, 5) is 11.0. The van der Waals surface area contributed by atoms with Gasteiger partial charge >= 0.3 is 0 Å². The van der Waals surface area contributed by atoms with Crippen LogP contribution < -0.4 is 4.74 Å². The van der Waals surface area contributed by atoms with Crippen molar-refractivity contribution in [2.45, 2.75) is 26.9 Å². The molecule has 2 aromatic rings. The number of pyridine rings is 1. The van der Waals surface area contributed by atoms with E-state index in [-0.39, 0.29) is 6.10 Å². The maximum absolute atomic E-state index is 5.99. The molecule has 0 amide bonds. The average molecular weight is 376 g/mol. The van der Waals surface area contributed by atoms with Crippen LogP contribution in [0.4, 0.5) is 5.69 Å². The molecular formula is C18H22BrN3O. The Morgan fingerprint density at radius 2 is 2.04 bits per heavy atom. The summed E-state index contributed by atoms with van der Waals surface area (Å²) in [5.74, 6) is 0.585. The number of halogens is 1. The lowest BCUT2D eigenvalue weighted by Gasteiger charge is -2.16. The molecule has 0 aliphatic rings. The average Bonchev–Trinajstić information content (AvgIpc) is 2.57. The fraction of sp³-hybridized carbons (Fsp3) is 0.333. The molecule has 0 N–H and O–H groups in total. The lowest BCUT2D eigenvalue weighted by atomic mass is 10.1. The van der Waals surface area contributed by atoms with Crippen LogP contribution in [0.1, 0.15) is 31.2 Å². The van der Waals surface area contributed by atoms with E-state index in [1.54, 1.807) is 0 Å². The molecule has 0 aliphatic heterocycles. The zero-order chi connectivity index (χ0) is 16.8. The molecule has 23 heavy (non-hydrogen) atoms. The second-order valence-corrected chi connectivity index (χ2v) is 6.22. The summed E-state index contributed by atoms with van der Waals surface area (Å²) in [5.41, 5.74) is 2.78. The van der Waals surface area contributed by atoms with Gasteiger partial charge in [0.2, 0.25) is 5.88 Å². The molecule has 1 atom stereocenters.